The summed E-state index contributed by atoms with van der Waals surface area (Å²) < 4.78 is 5.84. The molecule has 0 amide bonds. The molecule has 26 heavy (non-hydrogen) atoms. The van der Waals surface area contributed by atoms with Gasteiger partial charge in [-0.3, -0.25) is 0 Å². The predicted octanol–water partition coefficient (Wildman–Crippen LogP) is 5.03. The van der Waals surface area contributed by atoms with Gasteiger partial charge in [0.1, 0.15) is 6.61 Å². The van der Waals surface area contributed by atoms with Gasteiger partial charge in [-0.15, -0.1) is 0 Å². The van der Waals surface area contributed by atoms with Crippen LogP contribution in [-0.2, 0) is 6.61 Å². The number of nitrogens with two attached hydrogens (primary N) is 1. The van der Waals surface area contributed by atoms with Crippen molar-refractivity contribution in [3.63, 3.8) is 0 Å². The Kier molecular flexibility index (Phi) is 5.94. The van der Waals surface area contributed by atoms with E-state index in [9.17, 15) is 0 Å². The lowest BCUT2D eigenvalue weighted by Crippen LogP contribution is -2.23. The Labute approximate surface area is 161 Å². The predicted molar refractivity (Wildman–Crippen MR) is 106 cm³/mol. The molecule has 0 aliphatic heterocycles. The maximum absolute atomic E-state index is 5.99. The van der Waals surface area contributed by atoms with Gasteiger partial charge in [0.25, 0.3) is 0 Å². The number of nitrogens with one attached hydrogen (secondary N) is 1. The smallest absolute Gasteiger partial charge is 0.199 e. The van der Waals surface area contributed by atoms with Crippen LogP contribution in [0.5, 0.6) is 5.75 Å². The summed E-state index contributed by atoms with van der Waals surface area (Å²) in [6.45, 7) is 0.422. The highest BCUT2D eigenvalue weighted by Crippen LogP contribution is 2.27. The van der Waals surface area contributed by atoms with Crippen molar-refractivity contribution < 1.29 is 4.74 Å². The Bertz CT molecular complexity index is 916. The Hall–Kier alpha value is -2.76. The monoisotopic (exact) mass is 386 g/mol. The van der Waals surface area contributed by atoms with Gasteiger partial charge < -0.3 is 15.8 Å². The first-order chi connectivity index (χ1) is 12.6. The maximum atomic E-state index is 5.99. The second-order valence-corrected chi connectivity index (χ2v) is 6.16. The molecule has 0 unspecified atom stereocenters. The van der Waals surface area contributed by atoms with E-state index in [2.05, 4.69) is 15.3 Å². The Morgan fingerprint density at radius 1 is 1.04 bits per heavy atom. The zero-order valence-corrected chi connectivity index (χ0v) is 15.2. The fourth-order valence-corrected chi connectivity index (χ4v) is 2.47. The number of guanidine groups is 1. The molecule has 0 aliphatic carbocycles. The fraction of sp³-hybridized carbons (Fsp3) is 0.0526. The first-order valence-electron chi connectivity index (χ1n) is 7.80. The first kappa shape index (κ1) is 18.0. The van der Waals surface area contributed by atoms with Gasteiger partial charge in [-0.1, -0.05) is 53.5 Å². The summed E-state index contributed by atoms with van der Waals surface area (Å²) in [5.74, 6) is 1.21. The molecule has 5 nitrogen and oxygen atoms in total. The summed E-state index contributed by atoms with van der Waals surface area (Å²) in [5, 5.41) is 3.81. The number of anilines is 1. The molecule has 3 aromatic rings. The quantitative estimate of drug-likeness (QED) is 0.476. The lowest BCUT2D eigenvalue weighted by atomic mass is 10.2. The van der Waals surface area contributed by atoms with Crippen LogP contribution in [0.25, 0.3) is 0 Å². The average molecular weight is 387 g/mol. The molecular formula is C19H16Cl2N4O. The van der Waals surface area contributed by atoms with Crippen molar-refractivity contribution in [1.29, 1.82) is 0 Å². The molecule has 132 valence electrons. The summed E-state index contributed by atoms with van der Waals surface area (Å²) in [6, 6.07) is 18.5. The van der Waals surface area contributed by atoms with E-state index in [0.717, 1.165) is 5.56 Å². The highest BCUT2D eigenvalue weighted by Gasteiger charge is 2.07. The van der Waals surface area contributed by atoms with E-state index in [1.165, 1.54) is 0 Å². The number of aliphatic imine (C=N–C) groups is 1. The highest BCUT2D eigenvalue weighted by atomic mass is 35.5. The number of hydrogen-bond acceptors (Lipinski definition) is 3. The van der Waals surface area contributed by atoms with Crippen LogP contribution in [0.15, 0.2) is 71.9 Å². The minimum Gasteiger partial charge on any atom is -0.485 e. The van der Waals surface area contributed by atoms with Gasteiger partial charge in [-0.2, -0.15) is 0 Å². The molecule has 0 saturated heterocycles. The van der Waals surface area contributed by atoms with E-state index in [-0.39, 0.29) is 5.96 Å². The number of ether oxygens (including phenoxy) is 1. The van der Waals surface area contributed by atoms with Crippen LogP contribution in [0.2, 0.25) is 10.0 Å². The zero-order chi connectivity index (χ0) is 18.4. The third kappa shape index (κ3) is 4.88. The van der Waals surface area contributed by atoms with Crippen molar-refractivity contribution in [2.45, 2.75) is 6.61 Å². The molecular weight excluding hydrogens is 371 g/mol. The largest absolute Gasteiger partial charge is 0.485 e. The van der Waals surface area contributed by atoms with Crippen molar-refractivity contribution >= 4 is 40.7 Å². The Balaban J connectivity index is 1.72. The highest BCUT2D eigenvalue weighted by molar-refractivity contribution is 6.42. The van der Waals surface area contributed by atoms with Crippen molar-refractivity contribution in [1.82, 2.24) is 4.98 Å². The van der Waals surface area contributed by atoms with Crippen LogP contribution >= 0.6 is 23.2 Å². The number of nitrogens with zero attached hydrogens (tertiary/aromatic N) is 2. The summed E-state index contributed by atoms with van der Waals surface area (Å²) in [4.78, 5) is 8.52. The Morgan fingerprint density at radius 3 is 2.62 bits per heavy atom. The van der Waals surface area contributed by atoms with Crippen molar-refractivity contribution in [2.24, 2.45) is 10.7 Å². The van der Waals surface area contributed by atoms with Gasteiger partial charge in [0.15, 0.2) is 17.5 Å². The van der Waals surface area contributed by atoms with Gasteiger partial charge in [0.05, 0.1) is 15.7 Å². The standard InChI is InChI=1S/C19H16Cl2N4O/c20-15-9-8-14(11-16(15)21)24-19(22)25-18-17(7-4-10-23-18)26-12-13-5-2-1-3-6-13/h1-11H,12H2,(H3,22,23,24,25). The average Bonchev–Trinajstić information content (AvgIpc) is 2.65. The van der Waals surface area contributed by atoms with E-state index < -0.39 is 0 Å². The van der Waals surface area contributed by atoms with Gasteiger partial charge >= 0.3 is 0 Å². The molecule has 7 heteroatoms. The number of halogens is 2. The summed E-state index contributed by atoms with van der Waals surface area (Å²) >= 11 is 11.9. The van der Waals surface area contributed by atoms with Crippen molar-refractivity contribution in [2.75, 3.05) is 5.32 Å². The molecule has 2 aromatic carbocycles. The topological polar surface area (TPSA) is 72.5 Å². The second-order valence-electron chi connectivity index (χ2n) is 5.34. The van der Waals surface area contributed by atoms with Crippen molar-refractivity contribution in [3.8, 4) is 5.75 Å². The van der Waals surface area contributed by atoms with Gasteiger partial charge in [0, 0.05) is 6.20 Å². The minimum atomic E-state index is 0.159. The number of rotatable bonds is 5. The zero-order valence-electron chi connectivity index (χ0n) is 13.7. The van der Waals surface area contributed by atoms with E-state index in [1.54, 1.807) is 30.5 Å². The molecule has 3 N–H and O–H groups in total. The van der Waals surface area contributed by atoms with Crippen molar-refractivity contribution in [3.05, 3.63) is 82.5 Å². The van der Waals surface area contributed by atoms with Gasteiger partial charge in [-0.05, 0) is 35.9 Å². The maximum Gasteiger partial charge on any atom is 0.199 e. The van der Waals surface area contributed by atoms with Crippen LogP contribution in [0.1, 0.15) is 5.56 Å². The van der Waals surface area contributed by atoms with Gasteiger partial charge in [-0.25, -0.2) is 9.98 Å². The van der Waals surface area contributed by atoms with Crippen LogP contribution in [0.4, 0.5) is 11.5 Å². The van der Waals surface area contributed by atoms with Crippen LogP contribution < -0.4 is 15.8 Å². The normalized spacial score (nSPS) is 11.2. The number of aromatic nitrogens is 1. The number of hydrogen-bond donors (Lipinski definition) is 2. The molecule has 0 atom stereocenters. The van der Waals surface area contributed by atoms with E-state index >= 15 is 0 Å². The van der Waals surface area contributed by atoms with Crippen LogP contribution in [-0.4, -0.2) is 10.9 Å². The molecule has 0 bridgehead atoms. The summed E-state index contributed by atoms with van der Waals surface area (Å²) in [7, 11) is 0. The molecule has 3 rings (SSSR count). The molecule has 1 aromatic heterocycles. The van der Waals surface area contributed by atoms with Gasteiger partial charge in [0.2, 0.25) is 0 Å². The molecule has 0 radical (unpaired) electrons. The van der Waals surface area contributed by atoms with E-state index in [1.807, 2.05) is 36.4 Å². The lowest BCUT2D eigenvalue weighted by Gasteiger charge is -2.12. The lowest BCUT2D eigenvalue weighted by molar-refractivity contribution is 0.307. The molecule has 0 saturated carbocycles. The molecule has 0 spiro atoms. The second kappa shape index (κ2) is 8.56. The third-order valence-electron chi connectivity index (χ3n) is 3.41. The van der Waals surface area contributed by atoms with Crippen LogP contribution in [0, 0.1) is 0 Å². The summed E-state index contributed by atoms with van der Waals surface area (Å²) in [6.07, 6.45) is 1.64. The Morgan fingerprint density at radius 2 is 1.85 bits per heavy atom. The summed E-state index contributed by atoms with van der Waals surface area (Å²) in [5.41, 5.74) is 7.60. The van der Waals surface area contributed by atoms with E-state index in [0.29, 0.717) is 33.9 Å². The first-order valence-corrected chi connectivity index (χ1v) is 8.55. The minimum absolute atomic E-state index is 0.159. The molecule has 0 aliphatic rings. The molecule has 0 fully saturated rings. The SMILES string of the molecule is NC(=Nc1ccc(Cl)c(Cl)c1)Nc1ncccc1OCc1ccccc1. The number of pyridine rings is 1. The molecule has 1 heterocycles. The van der Waals surface area contributed by atoms with E-state index in [4.69, 9.17) is 33.7 Å². The van der Waals surface area contributed by atoms with Crippen LogP contribution in [0.3, 0.4) is 0 Å². The third-order valence-corrected chi connectivity index (χ3v) is 4.15. The fourth-order valence-electron chi connectivity index (χ4n) is 2.18. The number of benzene rings is 2.